The first-order valence-corrected chi connectivity index (χ1v) is 25.2. The van der Waals surface area contributed by atoms with E-state index in [0.717, 1.165) is 38.5 Å². The van der Waals surface area contributed by atoms with Crippen molar-refractivity contribution in [1.82, 2.24) is 0 Å². The first kappa shape index (κ1) is 54.6. The zero-order valence-corrected chi connectivity index (χ0v) is 38.2. The maximum Gasteiger partial charge on any atom is 0.306 e. The van der Waals surface area contributed by atoms with Gasteiger partial charge < -0.3 is 14.2 Å². The lowest BCUT2D eigenvalue weighted by molar-refractivity contribution is -0.163. The van der Waals surface area contributed by atoms with Gasteiger partial charge in [-0.15, -0.1) is 0 Å². The number of carbonyl (C=O) groups is 2. The molecular weight excluding hydrogens is 693 g/mol. The van der Waals surface area contributed by atoms with Gasteiger partial charge in [-0.1, -0.05) is 232 Å². The molecular formula is C51H98O5. The molecule has 1 unspecified atom stereocenters. The fourth-order valence-corrected chi connectivity index (χ4v) is 7.51. The van der Waals surface area contributed by atoms with Crippen molar-refractivity contribution in [3.63, 3.8) is 0 Å². The highest BCUT2D eigenvalue weighted by Crippen LogP contribution is 2.15. The minimum absolute atomic E-state index is 0.0900. The molecule has 0 aromatic rings. The van der Waals surface area contributed by atoms with Crippen LogP contribution in [0, 0.1) is 0 Å². The predicted molar refractivity (Wildman–Crippen MR) is 242 cm³/mol. The molecule has 0 saturated heterocycles. The van der Waals surface area contributed by atoms with Crippen molar-refractivity contribution in [2.75, 3.05) is 19.8 Å². The summed E-state index contributed by atoms with van der Waals surface area (Å²) in [5, 5.41) is 0. The highest BCUT2D eigenvalue weighted by atomic mass is 16.6. The van der Waals surface area contributed by atoms with Crippen LogP contribution in [-0.2, 0) is 23.8 Å². The van der Waals surface area contributed by atoms with Gasteiger partial charge >= 0.3 is 11.9 Å². The SMILES string of the molecule is CCCCCCCC/C=C\CCCCCCCC(=O)OCC(COCCCCCCCCCCCCCC)OC(=O)CCCCCCCCCCCCCCC. The molecule has 5 heteroatoms. The molecule has 0 radical (unpaired) electrons. The molecule has 0 bridgehead atoms. The number of hydrogen-bond acceptors (Lipinski definition) is 5. The van der Waals surface area contributed by atoms with Crippen LogP contribution < -0.4 is 0 Å². The van der Waals surface area contributed by atoms with E-state index in [1.165, 1.54) is 205 Å². The number of allylic oxidation sites excluding steroid dienone is 2. The molecule has 0 N–H and O–H groups in total. The summed E-state index contributed by atoms with van der Waals surface area (Å²) in [6, 6.07) is 0. The Bertz CT molecular complexity index is 810. The Labute approximate surface area is 350 Å². The Hall–Kier alpha value is -1.36. The van der Waals surface area contributed by atoms with Crippen LogP contribution in [0.4, 0.5) is 0 Å². The highest BCUT2D eigenvalue weighted by Gasteiger charge is 2.17. The van der Waals surface area contributed by atoms with Crippen LogP contribution in [0.2, 0.25) is 0 Å². The maximum absolute atomic E-state index is 12.8. The molecule has 0 fully saturated rings. The van der Waals surface area contributed by atoms with Gasteiger partial charge in [-0.3, -0.25) is 9.59 Å². The summed E-state index contributed by atoms with van der Waals surface area (Å²) < 4.78 is 17.4. The van der Waals surface area contributed by atoms with Crippen molar-refractivity contribution >= 4 is 11.9 Å². The summed E-state index contributed by atoms with van der Waals surface area (Å²) >= 11 is 0. The molecule has 0 rings (SSSR count). The number of unbranched alkanes of at least 4 members (excludes halogenated alkanes) is 34. The third-order valence-corrected chi connectivity index (χ3v) is 11.3. The van der Waals surface area contributed by atoms with Gasteiger partial charge in [-0.05, 0) is 44.9 Å². The second kappa shape index (κ2) is 48.0. The summed E-state index contributed by atoms with van der Waals surface area (Å²) in [7, 11) is 0. The average molecular weight is 791 g/mol. The molecule has 0 amide bonds. The number of ether oxygens (including phenoxy) is 3. The van der Waals surface area contributed by atoms with Crippen molar-refractivity contribution in [1.29, 1.82) is 0 Å². The monoisotopic (exact) mass is 791 g/mol. The van der Waals surface area contributed by atoms with Crippen molar-refractivity contribution < 1.29 is 23.8 Å². The Kier molecular flexibility index (Phi) is 46.8. The first-order valence-electron chi connectivity index (χ1n) is 25.2. The zero-order valence-electron chi connectivity index (χ0n) is 38.2. The third kappa shape index (κ3) is 45.3. The van der Waals surface area contributed by atoms with Gasteiger partial charge in [-0.2, -0.15) is 0 Å². The smallest absolute Gasteiger partial charge is 0.306 e. The van der Waals surface area contributed by atoms with Crippen LogP contribution >= 0.6 is 0 Å². The number of hydrogen-bond donors (Lipinski definition) is 0. The normalized spacial score (nSPS) is 12.1. The third-order valence-electron chi connectivity index (χ3n) is 11.3. The van der Waals surface area contributed by atoms with Gasteiger partial charge in [0, 0.05) is 19.4 Å². The maximum atomic E-state index is 12.8. The molecule has 0 aliphatic rings. The average Bonchev–Trinajstić information content (AvgIpc) is 3.20. The minimum atomic E-state index is -0.528. The van der Waals surface area contributed by atoms with E-state index in [1.54, 1.807) is 0 Å². The predicted octanol–water partition coefficient (Wildman–Crippen LogP) is 16.7. The van der Waals surface area contributed by atoms with Crippen LogP contribution in [0.1, 0.15) is 278 Å². The Balaban J connectivity index is 4.21. The largest absolute Gasteiger partial charge is 0.462 e. The minimum Gasteiger partial charge on any atom is -0.462 e. The van der Waals surface area contributed by atoms with Crippen molar-refractivity contribution in [3.05, 3.63) is 12.2 Å². The Morgan fingerprint density at radius 2 is 0.696 bits per heavy atom. The lowest BCUT2D eigenvalue weighted by Crippen LogP contribution is -2.30. The number of carbonyl (C=O) groups excluding carboxylic acids is 2. The van der Waals surface area contributed by atoms with Crippen LogP contribution in [0.25, 0.3) is 0 Å². The zero-order chi connectivity index (χ0) is 40.7. The summed E-state index contributed by atoms with van der Waals surface area (Å²) in [6.45, 7) is 7.87. The van der Waals surface area contributed by atoms with E-state index in [1.807, 2.05) is 0 Å². The van der Waals surface area contributed by atoms with Crippen LogP contribution in [0.15, 0.2) is 12.2 Å². The lowest BCUT2D eigenvalue weighted by Gasteiger charge is -2.18. The van der Waals surface area contributed by atoms with Gasteiger partial charge in [0.05, 0.1) is 6.61 Å². The molecule has 0 aliphatic heterocycles. The second-order valence-corrected chi connectivity index (χ2v) is 17.1. The van der Waals surface area contributed by atoms with E-state index in [2.05, 4.69) is 32.9 Å². The van der Waals surface area contributed by atoms with E-state index in [4.69, 9.17) is 14.2 Å². The molecule has 0 spiro atoms. The standard InChI is InChI=1S/C51H98O5/c1-4-7-10-13-16-19-22-25-26-28-29-32-35-38-41-44-50(52)55-48-49(47-54-46-43-40-37-34-31-24-21-18-15-12-9-6-3)56-51(53)45-42-39-36-33-30-27-23-20-17-14-11-8-5-2/h25-26,49H,4-24,27-48H2,1-3H3/b26-25-. The van der Waals surface area contributed by atoms with Crippen LogP contribution in [-0.4, -0.2) is 37.9 Å². The molecule has 56 heavy (non-hydrogen) atoms. The molecule has 332 valence electrons. The van der Waals surface area contributed by atoms with Crippen molar-refractivity contribution in [3.8, 4) is 0 Å². The quantitative estimate of drug-likeness (QED) is 0.0349. The molecule has 0 aromatic heterocycles. The van der Waals surface area contributed by atoms with E-state index in [-0.39, 0.29) is 18.5 Å². The molecule has 0 saturated carbocycles. The first-order chi connectivity index (χ1) is 27.6. The molecule has 5 nitrogen and oxygen atoms in total. The van der Waals surface area contributed by atoms with Gasteiger partial charge in [-0.25, -0.2) is 0 Å². The van der Waals surface area contributed by atoms with E-state index in [9.17, 15) is 9.59 Å². The fraction of sp³-hybridized carbons (Fsp3) is 0.922. The summed E-state index contributed by atoms with van der Waals surface area (Å²) in [6.07, 6.45) is 53.5. The van der Waals surface area contributed by atoms with E-state index >= 15 is 0 Å². The van der Waals surface area contributed by atoms with Crippen molar-refractivity contribution in [2.24, 2.45) is 0 Å². The fourth-order valence-electron chi connectivity index (χ4n) is 7.51. The summed E-state index contributed by atoms with van der Waals surface area (Å²) in [5.74, 6) is -0.388. The van der Waals surface area contributed by atoms with Gasteiger partial charge in [0.2, 0.25) is 0 Å². The molecule has 1 atom stereocenters. The Morgan fingerprint density at radius 1 is 0.375 bits per heavy atom. The highest BCUT2D eigenvalue weighted by molar-refractivity contribution is 5.70. The van der Waals surface area contributed by atoms with Gasteiger partial charge in [0.1, 0.15) is 6.61 Å². The van der Waals surface area contributed by atoms with Crippen LogP contribution in [0.3, 0.4) is 0 Å². The van der Waals surface area contributed by atoms with Crippen LogP contribution in [0.5, 0.6) is 0 Å². The van der Waals surface area contributed by atoms with Gasteiger partial charge in [0.15, 0.2) is 6.10 Å². The van der Waals surface area contributed by atoms with Gasteiger partial charge in [0.25, 0.3) is 0 Å². The lowest BCUT2D eigenvalue weighted by atomic mass is 10.0. The topological polar surface area (TPSA) is 61.8 Å². The molecule has 0 heterocycles. The Morgan fingerprint density at radius 3 is 1.09 bits per heavy atom. The van der Waals surface area contributed by atoms with E-state index < -0.39 is 6.10 Å². The van der Waals surface area contributed by atoms with Crippen molar-refractivity contribution in [2.45, 2.75) is 284 Å². The molecule has 0 aliphatic carbocycles. The van der Waals surface area contributed by atoms with E-state index in [0.29, 0.717) is 26.1 Å². The summed E-state index contributed by atoms with van der Waals surface area (Å²) in [5.41, 5.74) is 0. The second-order valence-electron chi connectivity index (χ2n) is 17.1. The molecule has 0 aromatic carbocycles. The number of esters is 2. The summed E-state index contributed by atoms with van der Waals surface area (Å²) in [4.78, 5) is 25.3. The number of rotatable bonds is 47.